The maximum atomic E-state index is 13.2. The first-order valence-electron chi connectivity index (χ1n) is 14.0. The van der Waals surface area contributed by atoms with Crippen LogP contribution in [0.15, 0.2) is 77.2 Å². The quantitative estimate of drug-likeness (QED) is 0.234. The van der Waals surface area contributed by atoms with Crippen molar-refractivity contribution in [3.05, 3.63) is 84.3 Å². The fourth-order valence-corrected chi connectivity index (χ4v) is 5.99. The fourth-order valence-electron chi connectivity index (χ4n) is 5.05. The molecule has 1 aliphatic rings. The number of pyridine rings is 1. The van der Waals surface area contributed by atoms with Gasteiger partial charge in [-0.05, 0) is 61.4 Å². The molecule has 42 heavy (non-hydrogen) atoms. The van der Waals surface area contributed by atoms with Gasteiger partial charge in [-0.15, -0.1) is 10.2 Å². The van der Waals surface area contributed by atoms with Crippen molar-refractivity contribution in [2.45, 2.75) is 32.2 Å². The van der Waals surface area contributed by atoms with Crippen LogP contribution in [0.3, 0.4) is 0 Å². The highest BCUT2D eigenvalue weighted by atomic mass is 32.2. The topological polar surface area (TPSA) is 128 Å². The Kier molecular flexibility index (Phi) is 8.63. The number of rotatable bonds is 13. The molecule has 2 aromatic heterocycles. The van der Waals surface area contributed by atoms with Crippen LogP contribution in [0.25, 0.3) is 11.5 Å². The number of hydrogen-bond acceptors (Lipinski definition) is 9. The van der Waals surface area contributed by atoms with Crippen LogP contribution in [0.4, 0.5) is 17.3 Å². The molecule has 1 saturated carbocycles. The van der Waals surface area contributed by atoms with E-state index in [4.69, 9.17) is 19.9 Å². The van der Waals surface area contributed by atoms with Crippen LogP contribution >= 0.6 is 0 Å². The minimum absolute atomic E-state index is 0.224. The monoisotopic (exact) mass is 590 g/mol. The normalized spacial score (nSPS) is 17.9. The second kappa shape index (κ2) is 12.2. The lowest BCUT2D eigenvalue weighted by molar-refractivity contribution is 0.204. The molecule has 2 unspecified atom stereocenters. The Hall–Kier alpha value is -3.80. The van der Waals surface area contributed by atoms with Gasteiger partial charge in [0.15, 0.2) is 0 Å². The Balaban J connectivity index is 1.59. The summed E-state index contributed by atoms with van der Waals surface area (Å²) in [7, 11) is -2.10. The van der Waals surface area contributed by atoms with Gasteiger partial charge in [-0.3, -0.25) is 0 Å². The van der Waals surface area contributed by atoms with E-state index in [0.29, 0.717) is 48.5 Å². The molecule has 1 fully saturated rings. The molecule has 0 aliphatic heterocycles. The number of sulfonamides is 1. The van der Waals surface area contributed by atoms with E-state index in [1.807, 2.05) is 49.4 Å². The standard InChI is InChI=1S/C31H38N6O4S/c1-22-17-25(22)21-36(15-16-40-3)27-18-24(19-28(33-27)37(42(4,38)39)26-13-9-6-10-14-26)29-34-35-30(41-29)31(2,32)20-23-11-7-5-8-12-23/h5-14,18-19,22,25H,15-17,20-21,32H2,1-4H3/t22?,25?,31-/m1/s1. The fraction of sp³-hybridized carbons (Fsp3) is 0.387. The van der Waals surface area contributed by atoms with Crippen LogP contribution in [0, 0.1) is 11.8 Å². The van der Waals surface area contributed by atoms with Crippen LogP contribution in [0.5, 0.6) is 0 Å². The first-order chi connectivity index (χ1) is 20.0. The van der Waals surface area contributed by atoms with Crippen LogP contribution in [-0.2, 0) is 26.7 Å². The first kappa shape index (κ1) is 29.7. The molecule has 10 nitrogen and oxygen atoms in total. The number of aromatic nitrogens is 3. The zero-order chi connectivity index (χ0) is 29.9. The second-order valence-corrected chi connectivity index (χ2v) is 13.2. The molecule has 3 atom stereocenters. The van der Waals surface area contributed by atoms with Crippen molar-refractivity contribution in [3.8, 4) is 11.5 Å². The van der Waals surface area contributed by atoms with E-state index < -0.39 is 15.6 Å². The SMILES string of the molecule is COCCN(CC1CC1C)c1cc(-c2nnc([C@](C)(N)Cc3ccccc3)o2)cc(N(c2ccccc2)S(C)(=O)=O)n1. The highest BCUT2D eigenvalue weighted by Crippen LogP contribution is 2.40. The van der Waals surface area contributed by atoms with Gasteiger partial charge in [0.05, 0.1) is 24.1 Å². The smallest absolute Gasteiger partial charge is 0.248 e. The van der Waals surface area contributed by atoms with Crippen LogP contribution in [-0.4, -0.2) is 56.7 Å². The average molecular weight is 591 g/mol. The van der Waals surface area contributed by atoms with Gasteiger partial charge in [-0.2, -0.15) is 0 Å². The Bertz CT molecular complexity index is 1590. The van der Waals surface area contributed by atoms with Crippen molar-refractivity contribution in [2.75, 3.05) is 42.3 Å². The number of methoxy groups -OCH3 is 1. The molecule has 0 amide bonds. The summed E-state index contributed by atoms with van der Waals surface area (Å²) >= 11 is 0. The molecule has 1 aliphatic carbocycles. The minimum atomic E-state index is -3.76. The van der Waals surface area contributed by atoms with E-state index in [2.05, 4.69) is 22.0 Å². The van der Waals surface area contributed by atoms with E-state index in [1.54, 1.807) is 37.4 Å². The minimum Gasteiger partial charge on any atom is -0.419 e. The molecule has 0 saturated heterocycles. The number of benzene rings is 2. The van der Waals surface area contributed by atoms with E-state index >= 15 is 0 Å². The molecule has 11 heteroatoms. The van der Waals surface area contributed by atoms with Crippen molar-refractivity contribution in [1.82, 2.24) is 15.2 Å². The van der Waals surface area contributed by atoms with Crippen LogP contribution in [0.1, 0.15) is 31.7 Å². The maximum absolute atomic E-state index is 13.2. The number of ether oxygens (including phenoxy) is 1. The third kappa shape index (κ3) is 6.97. The summed E-state index contributed by atoms with van der Waals surface area (Å²) in [6, 6.07) is 22.3. The first-order valence-corrected chi connectivity index (χ1v) is 15.9. The second-order valence-electron chi connectivity index (χ2n) is 11.3. The lowest BCUT2D eigenvalue weighted by atomic mass is 9.94. The molecule has 2 N–H and O–H groups in total. The maximum Gasteiger partial charge on any atom is 0.248 e. The molecule has 4 aromatic rings. The summed E-state index contributed by atoms with van der Waals surface area (Å²) in [6.07, 6.45) is 2.80. The van der Waals surface area contributed by atoms with E-state index in [-0.39, 0.29) is 17.6 Å². The Morgan fingerprint density at radius 1 is 1.05 bits per heavy atom. The molecule has 0 bridgehead atoms. The Labute approximate surface area is 247 Å². The molecule has 2 aromatic carbocycles. The van der Waals surface area contributed by atoms with Gasteiger partial charge in [0, 0.05) is 25.8 Å². The molecule has 5 rings (SSSR count). The van der Waals surface area contributed by atoms with Crippen molar-refractivity contribution < 1.29 is 17.6 Å². The van der Waals surface area contributed by atoms with Crippen molar-refractivity contribution in [3.63, 3.8) is 0 Å². The molecular formula is C31H38N6O4S. The molecule has 222 valence electrons. The average Bonchev–Trinajstić information content (AvgIpc) is 3.41. The van der Waals surface area contributed by atoms with Gasteiger partial charge in [-0.1, -0.05) is 55.5 Å². The summed E-state index contributed by atoms with van der Waals surface area (Å²) in [6.45, 7) is 5.94. The summed E-state index contributed by atoms with van der Waals surface area (Å²) in [5.74, 6) is 2.49. The lowest BCUT2D eigenvalue weighted by Gasteiger charge is -2.27. The van der Waals surface area contributed by atoms with Crippen LogP contribution < -0.4 is 14.9 Å². The van der Waals surface area contributed by atoms with Crippen molar-refractivity contribution in [2.24, 2.45) is 17.6 Å². The number of para-hydroxylation sites is 1. The summed E-state index contributed by atoms with van der Waals surface area (Å²) in [5, 5.41) is 8.65. The number of hydrogen-bond donors (Lipinski definition) is 1. The third-order valence-corrected chi connectivity index (χ3v) is 8.58. The number of anilines is 3. The van der Waals surface area contributed by atoms with Gasteiger partial charge < -0.3 is 19.8 Å². The van der Waals surface area contributed by atoms with Crippen molar-refractivity contribution >= 4 is 27.3 Å². The van der Waals surface area contributed by atoms with E-state index in [1.165, 1.54) is 4.31 Å². The molecule has 0 radical (unpaired) electrons. The van der Waals surface area contributed by atoms with Gasteiger partial charge in [0.25, 0.3) is 0 Å². The Morgan fingerprint density at radius 2 is 1.69 bits per heavy atom. The molecule has 2 heterocycles. The van der Waals surface area contributed by atoms with Gasteiger partial charge in [0.1, 0.15) is 11.6 Å². The molecule has 0 spiro atoms. The number of nitrogens with zero attached hydrogens (tertiary/aromatic N) is 5. The van der Waals surface area contributed by atoms with Crippen molar-refractivity contribution in [1.29, 1.82) is 0 Å². The predicted molar refractivity (Wildman–Crippen MR) is 164 cm³/mol. The van der Waals surface area contributed by atoms with E-state index in [9.17, 15) is 8.42 Å². The highest BCUT2D eigenvalue weighted by molar-refractivity contribution is 7.92. The van der Waals surface area contributed by atoms with E-state index in [0.717, 1.165) is 24.8 Å². The highest BCUT2D eigenvalue weighted by Gasteiger charge is 2.35. The Morgan fingerprint density at radius 3 is 2.31 bits per heavy atom. The zero-order valence-corrected chi connectivity index (χ0v) is 25.3. The molecular weight excluding hydrogens is 552 g/mol. The van der Waals surface area contributed by atoms with Gasteiger partial charge >= 0.3 is 0 Å². The van der Waals surface area contributed by atoms with Gasteiger partial charge in [-0.25, -0.2) is 17.7 Å². The third-order valence-electron chi connectivity index (χ3n) is 7.52. The summed E-state index contributed by atoms with van der Waals surface area (Å²) < 4.78 is 39.1. The van der Waals surface area contributed by atoms with Gasteiger partial charge in [0.2, 0.25) is 21.8 Å². The van der Waals surface area contributed by atoms with Crippen LogP contribution in [0.2, 0.25) is 0 Å². The number of nitrogens with two attached hydrogens (primary N) is 1. The predicted octanol–water partition coefficient (Wildman–Crippen LogP) is 4.75. The summed E-state index contributed by atoms with van der Waals surface area (Å²) in [5.41, 5.74) is 7.81. The zero-order valence-electron chi connectivity index (χ0n) is 24.5. The lowest BCUT2D eigenvalue weighted by Crippen LogP contribution is -2.35. The summed E-state index contributed by atoms with van der Waals surface area (Å²) in [4.78, 5) is 7.01. The largest absolute Gasteiger partial charge is 0.419 e.